The van der Waals surface area contributed by atoms with Crippen LogP contribution in [-0.2, 0) is 11.2 Å². The van der Waals surface area contributed by atoms with Gasteiger partial charge in [0.2, 0.25) is 0 Å². The smallest absolute Gasteiger partial charge is 0.187 e. The zero-order valence-electron chi connectivity index (χ0n) is 8.98. The lowest BCUT2D eigenvalue weighted by molar-refractivity contribution is 0.200. The van der Waals surface area contributed by atoms with Crippen molar-refractivity contribution < 1.29 is 4.74 Å². The van der Waals surface area contributed by atoms with Gasteiger partial charge in [0.25, 0.3) is 0 Å². The van der Waals surface area contributed by atoms with Gasteiger partial charge in [0.15, 0.2) is 5.16 Å². The highest BCUT2D eigenvalue weighted by molar-refractivity contribution is 7.99. The molecule has 0 aromatic carbocycles. The number of aromatic nitrogens is 2. The third-order valence-electron chi connectivity index (χ3n) is 1.84. The summed E-state index contributed by atoms with van der Waals surface area (Å²) in [5.41, 5.74) is 6.53. The number of hydrogen-bond donors (Lipinski definition) is 1. The van der Waals surface area contributed by atoms with Crippen molar-refractivity contribution in [1.29, 1.82) is 0 Å². The summed E-state index contributed by atoms with van der Waals surface area (Å²) in [7, 11) is 1.71. The summed E-state index contributed by atoms with van der Waals surface area (Å²) < 4.78 is 4.96. The molecule has 0 atom stereocenters. The van der Waals surface area contributed by atoms with Gasteiger partial charge in [0, 0.05) is 31.9 Å². The van der Waals surface area contributed by atoms with Gasteiger partial charge in [-0.15, -0.1) is 0 Å². The van der Waals surface area contributed by atoms with Crippen molar-refractivity contribution in [1.82, 2.24) is 9.97 Å². The van der Waals surface area contributed by atoms with Crippen LogP contribution in [-0.4, -0.2) is 36.0 Å². The predicted molar refractivity (Wildman–Crippen MR) is 62.0 cm³/mol. The molecule has 15 heavy (non-hydrogen) atoms. The first-order valence-electron chi connectivity index (χ1n) is 4.99. The van der Waals surface area contributed by atoms with Crippen LogP contribution < -0.4 is 5.73 Å². The molecule has 1 aromatic rings. The molecule has 0 saturated heterocycles. The minimum atomic E-state index is 0.643. The summed E-state index contributed by atoms with van der Waals surface area (Å²) in [6.07, 6.45) is 5.56. The second-order valence-corrected chi connectivity index (χ2v) is 4.17. The van der Waals surface area contributed by atoms with Crippen molar-refractivity contribution in [2.45, 2.75) is 18.0 Å². The molecule has 0 aliphatic carbocycles. The van der Waals surface area contributed by atoms with E-state index < -0.39 is 0 Å². The molecule has 0 amide bonds. The predicted octanol–water partition coefficient (Wildman–Crippen LogP) is 1.11. The van der Waals surface area contributed by atoms with Crippen LogP contribution in [0.25, 0.3) is 0 Å². The first kappa shape index (κ1) is 12.4. The Kier molecular flexibility index (Phi) is 6.31. The molecule has 0 aliphatic heterocycles. The zero-order chi connectivity index (χ0) is 10.9. The third-order valence-corrected chi connectivity index (χ3v) is 2.80. The summed E-state index contributed by atoms with van der Waals surface area (Å²) in [6, 6.07) is 0. The second-order valence-electron chi connectivity index (χ2n) is 3.11. The van der Waals surface area contributed by atoms with Crippen LogP contribution in [0.3, 0.4) is 0 Å². The number of methoxy groups -OCH3 is 1. The molecule has 1 rings (SSSR count). The monoisotopic (exact) mass is 227 g/mol. The van der Waals surface area contributed by atoms with Crippen LogP contribution in [0.15, 0.2) is 17.6 Å². The summed E-state index contributed by atoms with van der Waals surface area (Å²) in [4.78, 5) is 8.50. The third kappa shape index (κ3) is 5.11. The average molecular weight is 227 g/mol. The summed E-state index contributed by atoms with van der Waals surface area (Å²) >= 11 is 1.65. The van der Waals surface area contributed by atoms with E-state index >= 15 is 0 Å². The molecule has 0 saturated carbocycles. The largest absolute Gasteiger partial charge is 0.385 e. The molecular formula is C10H17N3OS. The average Bonchev–Trinajstić information content (AvgIpc) is 2.27. The van der Waals surface area contributed by atoms with Gasteiger partial charge in [0.1, 0.15) is 0 Å². The maximum absolute atomic E-state index is 5.44. The quantitative estimate of drug-likeness (QED) is 0.429. The molecule has 0 bridgehead atoms. The van der Waals surface area contributed by atoms with E-state index in [9.17, 15) is 0 Å². The normalized spacial score (nSPS) is 10.5. The highest BCUT2D eigenvalue weighted by Crippen LogP contribution is 2.13. The van der Waals surface area contributed by atoms with Gasteiger partial charge in [-0.3, -0.25) is 0 Å². The van der Waals surface area contributed by atoms with E-state index in [1.807, 2.05) is 12.4 Å². The van der Waals surface area contributed by atoms with Crippen molar-refractivity contribution in [3.8, 4) is 0 Å². The molecule has 0 fully saturated rings. The van der Waals surface area contributed by atoms with Crippen LogP contribution >= 0.6 is 11.8 Å². The summed E-state index contributed by atoms with van der Waals surface area (Å²) in [5.74, 6) is 0.990. The Morgan fingerprint density at radius 1 is 1.40 bits per heavy atom. The van der Waals surface area contributed by atoms with Crippen molar-refractivity contribution in [2.24, 2.45) is 5.73 Å². The van der Waals surface area contributed by atoms with Gasteiger partial charge in [-0.2, -0.15) is 0 Å². The fourth-order valence-corrected chi connectivity index (χ4v) is 1.78. The lowest BCUT2D eigenvalue weighted by atomic mass is 10.2. The molecule has 1 heterocycles. The number of thioether (sulfide) groups is 1. The van der Waals surface area contributed by atoms with Crippen LogP contribution in [0.1, 0.15) is 12.0 Å². The molecule has 84 valence electrons. The molecule has 0 unspecified atom stereocenters. The van der Waals surface area contributed by atoms with E-state index in [0.29, 0.717) is 6.54 Å². The molecular weight excluding hydrogens is 210 g/mol. The number of rotatable bonds is 7. The van der Waals surface area contributed by atoms with E-state index in [4.69, 9.17) is 10.5 Å². The highest BCUT2D eigenvalue weighted by Gasteiger charge is 1.98. The van der Waals surface area contributed by atoms with Gasteiger partial charge < -0.3 is 10.5 Å². The molecule has 2 N–H and O–H groups in total. The van der Waals surface area contributed by atoms with Crippen LogP contribution in [0.2, 0.25) is 0 Å². The number of hydrogen-bond acceptors (Lipinski definition) is 5. The molecule has 0 aliphatic rings. The minimum Gasteiger partial charge on any atom is -0.385 e. The van der Waals surface area contributed by atoms with Gasteiger partial charge in [-0.1, -0.05) is 11.8 Å². The van der Waals surface area contributed by atoms with Crippen LogP contribution in [0.5, 0.6) is 0 Å². The minimum absolute atomic E-state index is 0.643. The Bertz CT molecular complexity index is 266. The van der Waals surface area contributed by atoms with E-state index in [-0.39, 0.29) is 0 Å². The maximum atomic E-state index is 5.44. The number of ether oxygens (including phenoxy) is 1. The van der Waals surface area contributed by atoms with Gasteiger partial charge in [-0.05, 0) is 24.9 Å². The first-order valence-corrected chi connectivity index (χ1v) is 5.98. The van der Waals surface area contributed by atoms with Crippen LogP contribution in [0, 0.1) is 0 Å². The van der Waals surface area contributed by atoms with Gasteiger partial charge in [-0.25, -0.2) is 9.97 Å². The van der Waals surface area contributed by atoms with Gasteiger partial charge >= 0.3 is 0 Å². The molecule has 0 spiro atoms. The van der Waals surface area contributed by atoms with Gasteiger partial charge in [0.05, 0.1) is 0 Å². The Hall–Kier alpha value is -0.650. The fraction of sp³-hybridized carbons (Fsp3) is 0.600. The Morgan fingerprint density at radius 3 is 2.73 bits per heavy atom. The molecule has 1 aromatic heterocycles. The summed E-state index contributed by atoms with van der Waals surface area (Å²) in [6.45, 7) is 1.43. The van der Waals surface area contributed by atoms with Crippen molar-refractivity contribution >= 4 is 11.8 Å². The number of nitrogens with two attached hydrogens (primary N) is 1. The second kappa shape index (κ2) is 7.62. The molecule has 5 heteroatoms. The fourth-order valence-electron chi connectivity index (χ4n) is 1.08. The number of nitrogens with zero attached hydrogens (tertiary/aromatic N) is 2. The lowest BCUT2D eigenvalue weighted by Gasteiger charge is -2.01. The Labute approximate surface area is 94.6 Å². The van der Waals surface area contributed by atoms with E-state index in [1.54, 1.807) is 18.9 Å². The Balaban J connectivity index is 2.29. The molecule has 4 nitrogen and oxygen atoms in total. The van der Waals surface area contributed by atoms with E-state index in [0.717, 1.165) is 35.9 Å². The maximum Gasteiger partial charge on any atom is 0.187 e. The standard InChI is InChI=1S/C10H17N3OS/c1-14-5-2-6-15-10-12-7-9(3-4-11)8-13-10/h7-8H,2-6,11H2,1H3. The topological polar surface area (TPSA) is 61.0 Å². The first-order chi connectivity index (χ1) is 7.36. The van der Waals surface area contributed by atoms with E-state index in [2.05, 4.69) is 9.97 Å². The molecule has 0 radical (unpaired) electrons. The highest BCUT2D eigenvalue weighted by atomic mass is 32.2. The van der Waals surface area contributed by atoms with Crippen LogP contribution in [0.4, 0.5) is 0 Å². The zero-order valence-corrected chi connectivity index (χ0v) is 9.80. The van der Waals surface area contributed by atoms with Crippen molar-refractivity contribution in [3.63, 3.8) is 0 Å². The van der Waals surface area contributed by atoms with Crippen molar-refractivity contribution in [2.75, 3.05) is 26.0 Å². The van der Waals surface area contributed by atoms with E-state index in [1.165, 1.54) is 0 Å². The summed E-state index contributed by atoms with van der Waals surface area (Å²) in [5, 5.41) is 0.826. The lowest BCUT2D eigenvalue weighted by Crippen LogP contribution is -2.03. The Morgan fingerprint density at radius 2 is 2.13 bits per heavy atom. The van der Waals surface area contributed by atoms with Crippen molar-refractivity contribution in [3.05, 3.63) is 18.0 Å². The SMILES string of the molecule is COCCCSc1ncc(CCN)cn1.